The van der Waals surface area contributed by atoms with Gasteiger partial charge in [-0.25, -0.2) is 0 Å². The third-order valence-corrected chi connectivity index (χ3v) is 4.39. The van der Waals surface area contributed by atoms with Crippen LogP contribution in [-0.4, -0.2) is 47.7 Å². The fraction of sp³-hybridized carbons (Fsp3) is 0.929. The van der Waals surface area contributed by atoms with Gasteiger partial charge in [-0.2, -0.15) is 0 Å². The van der Waals surface area contributed by atoms with Gasteiger partial charge in [0.15, 0.2) is 0 Å². The molecule has 3 unspecified atom stereocenters. The van der Waals surface area contributed by atoms with Crippen LogP contribution in [0.4, 0.5) is 0 Å². The predicted molar refractivity (Wildman–Crippen MR) is 71.2 cm³/mol. The average Bonchev–Trinajstić information content (AvgIpc) is 2.22. The van der Waals surface area contributed by atoms with Crippen LogP contribution in [0, 0.1) is 11.8 Å². The minimum Gasteiger partial charge on any atom is -0.393 e. The number of likely N-dealkylation sites (tertiary alicyclic amines) is 1. The number of amides is 1. The second-order valence-electron chi connectivity index (χ2n) is 6.15. The fourth-order valence-corrected chi connectivity index (χ4v) is 3.16. The summed E-state index contributed by atoms with van der Waals surface area (Å²) in [5.74, 6) is 1.17. The molecule has 0 aromatic rings. The molecule has 2 rings (SSSR count). The number of aliphatic hydroxyl groups is 1. The summed E-state index contributed by atoms with van der Waals surface area (Å²) in [5.41, 5.74) is 0. The zero-order valence-corrected chi connectivity index (χ0v) is 11.6. The van der Waals surface area contributed by atoms with E-state index in [2.05, 4.69) is 10.2 Å². The molecule has 1 saturated carbocycles. The number of rotatable bonds is 4. The lowest BCUT2D eigenvalue weighted by Crippen LogP contribution is -2.53. The second kappa shape index (κ2) is 6.02. The Morgan fingerprint density at radius 1 is 1.44 bits per heavy atom. The molecule has 0 bridgehead atoms. The van der Waals surface area contributed by atoms with Gasteiger partial charge in [-0.3, -0.25) is 4.79 Å². The van der Waals surface area contributed by atoms with Crippen molar-refractivity contribution in [3.05, 3.63) is 0 Å². The molecule has 0 spiro atoms. The normalized spacial score (nSPS) is 31.7. The number of nitrogens with zero attached hydrogens (tertiary/aromatic N) is 1. The van der Waals surface area contributed by atoms with Crippen LogP contribution in [0.25, 0.3) is 0 Å². The van der Waals surface area contributed by atoms with E-state index in [1.807, 2.05) is 6.92 Å². The number of hydrogen-bond acceptors (Lipinski definition) is 3. The van der Waals surface area contributed by atoms with Gasteiger partial charge < -0.3 is 15.3 Å². The molecule has 0 aromatic heterocycles. The number of carbonyl (C=O) groups is 1. The van der Waals surface area contributed by atoms with Crippen molar-refractivity contribution in [2.45, 2.75) is 51.7 Å². The summed E-state index contributed by atoms with van der Waals surface area (Å²) >= 11 is 0. The van der Waals surface area contributed by atoms with Gasteiger partial charge >= 0.3 is 0 Å². The van der Waals surface area contributed by atoms with Crippen LogP contribution in [0.3, 0.4) is 0 Å². The average molecular weight is 254 g/mol. The maximum Gasteiger partial charge on any atom is 0.217 e. The molecular weight excluding hydrogens is 228 g/mol. The molecule has 2 fully saturated rings. The van der Waals surface area contributed by atoms with Gasteiger partial charge in [0.25, 0.3) is 0 Å². The maximum absolute atomic E-state index is 11.2. The molecule has 2 N–H and O–H groups in total. The lowest BCUT2D eigenvalue weighted by molar-refractivity contribution is -0.120. The van der Waals surface area contributed by atoms with Crippen molar-refractivity contribution >= 4 is 5.91 Å². The van der Waals surface area contributed by atoms with E-state index in [0.29, 0.717) is 0 Å². The van der Waals surface area contributed by atoms with Crippen LogP contribution < -0.4 is 5.32 Å². The van der Waals surface area contributed by atoms with Gasteiger partial charge in [-0.1, -0.05) is 6.42 Å². The Kier molecular flexibility index (Phi) is 4.62. The molecular formula is C14H26N2O2. The third-order valence-electron chi connectivity index (χ3n) is 4.39. The lowest BCUT2D eigenvalue weighted by atomic mass is 9.83. The summed E-state index contributed by atoms with van der Waals surface area (Å²) in [6, 6.07) is 0.205. The van der Waals surface area contributed by atoms with Crippen LogP contribution in [0.15, 0.2) is 0 Å². The molecule has 1 aliphatic heterocycles. The molecule has 1 heterocycles. The van der Waals surface area contributed by atoms with Crippen molar-refractivity contribution in [1.82, 2.24) is 10.2 Å². The highest BCUT2D eigenvalue weighted by Gasteiger charge is 2.32. The van der Waals surface area contributed by atoms with E-state index in [1.165, 1.54) is 19.3 Å². The van der Waals surface area contributed by atoms with E-state index >= 15 is 0 Å². The van der Waals surface area contributed by atoms with E-state index in [0.717, 1.165) is 32.0 Å². The van der Waals surface area contributed by atoms with Crippen LogP contribution in [0.1, 0.15) is 39.5 Å². The van der Waals surface area contributed by atoms with E-state index in [1.54, 1.807) is 6.92 Å². The number of hydrogen-bond donors (Lipinski definition) is 2. The molecule has 2 aliphatic rings. The van der Waals surface area contributed by atoms with Gasteiger partial charge in [0.1, 0.15) is 0 Å². The first-order chi connectivity index (χ1) is 8.54. The van der Waals surface area contributed by atoms with Gasteiger partial charge in [0.2, 0.25) is 5.91 Å². The van der Waals surface area contributed by atoms with Crippen LogP contribution in [0.2, 0.25) is 0 Å². The number of aliphatic hydroxyl groups excluding tert-OH is 1. The third kappa shape index (κ3) is 3.69. The van der Waals surface area contributed by atoms with Crippen LogP contribution >= 0.6 is 0 Å². The fourth-order valence-electron chi connectivity index (χ4n) is 3.16. The molecule has 0 aromatic carbocycles. The summed E-state index contributed by atoms with van der Waals surface area (Å²) in [6.07, 6.45) is 4.68. The van der Waals surface area contributed by atoms with Gasteiger partial charge in [-0.15, -0.1) is 0 Å². The van der Waals surface area contributed by atoms with Gasteiger partial charge in [0.05, 0.1) is 6.10 Å². The van der Waals surface area contributed by atoms with Gasteiger partial charge in [-0.05, 0) is 38.0 Å². The van der Waals surface area contributed by atoms with E-state index in [4.69, 9.17) is 0 Å². The summed E-state index contributed by atoms with van der Waals surface area (Å²) in [7, 11) is 0. The molecule has 0 radical (unpaired) electrons. The molecule has 104 valence electrons. The van der Waals surface area contributed by atoms with Crippen LogP contribution in [0.5, 0.6) is 0 Å². The lowest BCUT2D eigenvalue weighted by Gasteiger charge is -2.42. The maximum atomic E-state index is 11.2. The molecule has 1 amide bonds. The Hall–Kier alpha value is -0.610. The summed E-state index contributed by atoms with van der Waals surface area (Å²) in [4.78, 5) is 13.6. The molecule has 1 saturated heterocycles. The van der Waals surface area contributed by atoms with Crippen molar-refractivity contribution in [3.8, 4) is 0 Å². The highest BCUT2D eigenvalue weighted by atomic mass is 16.3. The quantitative estimate of drug-likeness (QED) is 0.787. The Balaban J connectivity index is 1.89. The monoisotopic (exact) mass is 254 g/mol. The number of piperidine rings is 1. The zero-order valence-electron chi connectivity index (χ0n) is 11.6. The molecule has 18 heavy (non-hydrogen) atoms. The highest BCUT2D eigenvalue weighted by Crippen LogP contribution is 2.29. The Morgan fingerprint density at radius 3 is 2.67 bits per heavy atom. The summed E-state index contributed by atoms with van der Waals surface area (Å²) in [5, 5.41) is 12.8. The Bertz CT molecular complexity index is 290. The van der Waals surface area contributed by atoms with E-state index in [-0.39, 0.29) is 24.0 Å². The van der Waals surface area contributed by atoms with Crippen molar-refractivity contribution in [3.63, 3.8) is 0 Å². The van der Waals surface area contributed by atoms with E-state index in [9.17, 15) is 9.90 Å². The first-order valence-corrected chi connectivity index (χ1v) is 7.22. The topological polar surface area (TPSA) is 52.6 Å². The van der Waals surface area contributed by atoms with Crippen molar-refractivity contribution in [1.29, 1.82) is 0 Å². The molecule has 3 atom stereocenters. The van der Waals surface area contributed by atoms with Crippen molar-refractivity contribution < 1.29 is 9.90 Å². The highest BCUT2D eigenvalue weighted by molar-refractivity contribution is 5.73. The molecule has 4 nitrogen and oxygen atoms in total. The minimum atomic E-state index is -0.287. The SMILES string of the molecule is CC(=O)NC1CC(C(C)O)CN(CC2CCC2)C1. The zero-order chi connectivity index (χ0) is 13.1. The summed E-state index contributed by atoms with van der Waals surface area (Å²) < 4.78 is 0. The Labute approximate surface area is 110 Å². The largest absolute Gasteiger partial charge is 0.393 e. The van der Waals surface area contributed by atoms with Crippen molar-refractivity contribution in [2.75, 3.05) is 19.6 Å². The van der Waals surface area contributed by atoms with Crippen molar-refractivity contribution in [2.24, 2.45) is 11.8 Å². The first kappa shape index (κ1) is 13.8. The van der Waals surface area contributed by atoms with Crippen LogP contribution in [-0.2, 0) is 4.79 Å². The number of carbonyl (C=O) groups excluding carboxylic acids is 1. The smallest absolute Gasteiger partial charge is 0.217 e. The number of nitrogens with one attached hydrogen (secondary N) is 1. The van der Waals surface area contributed by atoms with E-state index < -0.39 is 0 Å². The Morgan fingerprint density at radius 2 is 2.17 bits per heavy atom. The summed E-state index contributed by atoms with van der Waals surface area (Å²) in [6.45, 7) is 6.49. The predicted octanol–water partition coefficient (Wildman–Crippen LogP) is 0.994. The first-order valence-electron chi connectivity index (χ1n) is 7.22. The minimum absolute atomic E-state index is 0.0369. The van der Waals surface area contributed by atoms with Gasteiger partial charge in [0, 0.05) is 32.6 Å². The standard InChI is InChI=1S/C14H26N2O2/c1-10(17)13-6-14(15-11(2)18)9-16(8-13)7-12-4-3-5-12/h10,12-14,17H,3-9H2,1-2H3,(H,15,18). The second-order valence-corrected chi connectivity index (χ2v) is 6.15. The molecule has 4 heteroatoms. The molecule has 1 aliphatic carbocycles.